The number of aromatic nitrogens is 2. The number of nitrogens with zero attached hydrogens (tertiary/aromatic N) is 1. The van der Waals surface area contributed by atoms with Crippen LogP contribution in [0.25, 0.3) is 10.9 Å². The number of hydrogen-bond acceptors (Lipinski definition) is 3. The second-order valence-corrected chi connectivity index (χ2v) is 5.01. The van der Waals surface area contributed by atoms with Gasteiger partial charge < -0.3 is 10.1 Å². The largest absolute Gasteiger partial charge is 0.381 e. The number of para-hydroxylation sites is 1. The number of nitrogens with one attached hydrogen (secondary N) is 2. The van der Waals surface area contributed by atoms with E-state index in [1.165, 1.54) is 19.3 Å². The van der Waals surface area contributed by atoms with E-state index < -0.39 is 0 Å². The Balaban J connectivity index is 1.77. The zero-order valence-electron chi connectivity index (χ0n) is 10.6. The first-order chi connectivity index (χ1) is 8.86. The van der Waals surface area contributed by atoms with Crippen LogP contribution in [0.15, 0.2) is 24.4 Å². The van der Waals surface area contributed by atoms with Gasteiger partial charge in [0.2, 0.25) is 0 Å². The van der Waals surface area contributed by atoms with Gasteiger partial charge in [0.15, 0.2) is 0 Å². The SMILES string of the molecule is COC1CCCC(Nc2cccc3cn[nH]c23)C1. The molecular formula is C14H19N3O. The van der Waals surface area contributed by atoms with Gasteiger partial charge in [-0.15, -0.1) is 0 Å². The quantitative estimate of drug-likeness (QED) is 0.874. The number of hydrogen-bond donors (Lipinski definition) is 2. The van der Waals surface area contributed by atoms with Crippen molar-refractivity contribution in [3.8, 4) is 0 Å². The molecule has 1 aromatic heterocycles. The lowest BCUT2D eigenvalue weighted by atomic mass is 9.92. The number of H-pyrrole nitrogens is 1. The van der Waals surface area contributed by atoms with E-state index in [1.54, 1.807) is 0 Å². The standard InChI is InChI=1S/C14H19N3O/c1-18-12-6-3-5-11(8-12)16-13-7-2-4-10-9-15-17-14(10)13/h2,4,7,9,11-12,16H,3,5-6,8H2,1H3,(H,15,17). The van der Waals surface area contributed by atoms with E-state index in [2.05, 4.69) is 33.7 Å². The molecule has 1 saturated carbocycles. The molecule has 0 saturated heterocycles. The lowest BCUT2D eigenvalue weighted by Crippen LogP contribution is -2.31. The summed E-state index contributed by atoms with van der Waals surface area (Å²) in [6, 6.07) is 6.74. The molecule has 0 amide bonds. The summed E-state index contributed by atoms with van der Waals surface area (Å²) in [5.74, 6) is 0. The molecule has 2 aromatic rings. The highest BCUT2D eigenvalue weighted by atomic mass is 16.5. The molecule has 1 aliphatic carbocycles. The molecule has 4 heteroatoms. The summed E-state index contributed by atoms with van der Waals surface area (Å²) in [5.41, 5.74) is 2.24. The van der Waals surface area contributed by atoms with Gasteiger partial charge in [0, 0.05) is 18.5 Å². The molecule has 96 valence electrons. The highest BCUT2D eigenvalue weighted by Crippen LogP contribution is 2.27. The van der Waals surface area contributed by atoms with Crippen LogP contribution in [-0.4, -0.2) is 29.5 Å². The zero-order valence-corrected chi connectivity index (χ0v) is 10.6. The first-order valence-electron chi connectivity index (χ1n) is 6.58. The van der Waals surface area contributed by atoms with Crippen LogP contribution < -0.4 is 5.32 Å². The molecule has 1 heterocycles. The van der Waals surface area contributed by atoms with Crippen molar-refractivity contribution in [2.75, 3.05) is 12.4 Å². The minimum atomic E-state index is 0.400. The van der Waals surface area contributed by atoms with Crippen LogP contribution in [0, 0.1) is 0 Å². The minimum Gasteiger partial charge on any atom is -0.381 e. The predicted molar refractivity (Wildman–Crippen MR) is 72.8 cm³/mol. The van der Waals surface area contributed by atoms with Gasteiger partial charge in [-0.25, -0.2) is 0 Å². The van der Waals surface area contributed by atoms with Gasteiger partial charge in [0.05, 0.1) is 23.5 Å². The van der Waals surface area contributed by atoms with Crippen molar-refractivity contribution in [3.63, 3.8) is 0 Å². The van der Waals surface area contributed by atoms with E-state index in [4.69, 9.17) is 4.74 Å². The van der Waals surface area contributed by atoms with Crippen LogP contribution in [0.3, 0.4) is 0 Å². The van der Waals surface area contributed by atoms with Gasteiger partial charge >= 0.3 is 0 Å². The lowest BCUT2D eigenvalue weighted by Gasteiger charge is -2.29. The average Bonchev–Trinajstić information content (AvgIpc) is 2.88. The first-order valence-corrected chi connectivity index (χ1v) is 6.58. The summed E-state index contributed by atoms with van der Waals surface area (Å²) in [4.78, 5) is 0. The third kappa shape index (κ3) is 2.20. The van der Waals surface area contributed by atoms with Gasteiger partial charge in [-0.1, -0.05) is 12.1 Å². The van der Waals surface area contributed by atoms with Crippen molar-refractivity contribution in [3.05, 3.63) is 24.4 Å². The van der Waals surface area contributed by atoms with Crippen LogP contribution >= 0.6 is 0 Å². The third-order valence-electron chi connectivity index (χ3n) is 3.80. The summed E-state index contributed by atoms with van der Waals surface area (Å²) >= 11 is 0. The van der Waals surface area contributed by atoms with Gasteiger partial charge in [-0.3, -0.25) is 5.10 Å². The summed E-state index contributed by atoms with van der Waals surface area (Å²) in [6.45, 7) is 0. The molecule has 2 N–H and O–H groups in total. The smallest absolute Gasteiger partial charge is 0.0881 e. The molecule has 2 atom stereocenters. The van der Waals surface area contributed by atoms with Gasteiger partial charge in [-0.05, 0) is 31.7 Å². The van der Waals surface area contributed by atoms with E-state index in [0.717, 1.165) is 23.0 Å². The Morgan fingerprint density at radius 1 is 1.39 bits per heavy atom. The number of benzene rings is 1. The number of rotatable bonds is 3. The zero-order chi connectivity index (χ0) is 12.4. The topological polar surface area (TPSA) is 49.9 Å². The monoisotopic (exact) mass is 245 g/mol. The van der Waals surface area contributed by atoms with Gasteiger partial charge in [0.25, 0.3) is 0 Å². The molecule has 0 aliphatic heterocycles. The molecule has 1 aliphatic rings. The minimum absolute atomic E-state index is 0.400. The maximum atomic E-state index is 5.47. The number of ether oxygens (including phenoxy) is 1. The fraction of sp³-hybridized carbons (Fsp3) is 0.500. The average molecular weight is 245 g/mol. The van der Waals surface area contributed by atoms with Crippen LogP contribution in [0.2, 0.25) is 0 Å². The van der Waals surface area contributed by atoms with Crippen molar-refractivity contribution < 1.29 is 4.74 Å². The summed E-state index contributed by atoms with van der Waals surface area (Å²) in [7, 11) is 1.81. The Labute approximate surface area is 107 Å². The molecule has 0 bridgehead atoms. The molecule has 1 fully saturated rings. The molecule has 2 unspecified atom stereocenters. The van der Waals surface area contributed by atoms with E-state index in [0.29, 0.717) is 12.1 Å². The molecule has 18 heavy (non-hydrogen) atoms. The second-order valence-electron chi connectivity index (χ2n) is 5.01. The maximum absolute atomic E-state index is 5.47. The molecule has 3 rings (SSSR count). The summed E-state index contributed by atoms with van der Waals surface area (Å²) in [5, 5.41) is 11.9. The maximum Gasteiger partial charge on any atom is 0.0881 e. The Hall–Kier alpha value is -1.55. The van der Waals surface area contributed by atoms with E-state index in [9.17, 15) is 0 Å². The van der Waals surface area contributed by atoms with Crippen LogP contribution in [0.1, 0.15) is 25.7 Å². The van der Waals surface area contributed by atoms with Crippen LogP contribution in [-0.2, 0) is 4.74 Å². The second kappa shape index (κ2) is 4.98. The molecule has 0 spiro atoms. The number of aromatic amines is 1. The third-order valence-corrected chi connectivity index (χ3v) is 3.80. The fourth-order valence-corrected chi connectivity index (χ4v) is 2.80. The number of fused-ring (bicyclic) bond motifs is 1. The van der Waals surface area contributed by atoms with E-state index in [-0.39, 0.29) is 0 Å². The Morgan fingerprint density at radius 2 is 2.33 bits per heavy atom. The van der Waals surface area contributed by atoms with Crippen molar-refractivity contribution in [2.24, 2.45) is 0 Å². The Kier molecular flexibility index (Phi) is 3.19. The molecular weight excluding hydrogens is 226 g/mol. The fourth-order valence-electron chi connectivity index (χ4n) is 2.80. The normalized spacial score (nSPS) is 24.3. The summed E-state index contributed by atoms with van der Waals surface area (Å²) in [6.07, 6.45) is 6.97. The summed E-state index contributed by atoms with van der Waals surface area (Å²) < 4.78 is 5.47. The van der Waals surface area contributed by atoms with Crippen molar-refractivity contribution in [1.82, 2.24) is 10.2 Å². The highest BCUT2D eigenvalue weighted by Gasteiger charge is 2.21. The van der Waals surface area contributed by atoms with E-state index in [1.807, 2.05) is 13.3 Å². The first kappa shape index (κ1) is 11.5. The predicted octanol–water partition coefficient (Wildman–Crippen LogP) is 2.93. The van der Waals surface area contributed by atoms with E-state index >= 15 is 0 Å². The molecule has 1 aromatic carbocycles. The molecule has 0 radical (unpaired) electrons. The van der Waals surface area contributed by atoms with Crippen molar-refractivity contribution >= 4 is 16.6 Å². The Morgan fingerprint density at radius 3 is 3.22 bits per heavy atom. The van der Waals surface area contributed by atoms with Crippen molar-refractivity contribution in [2.45, 2.75) is 37.8 Å². The van der Waals surface area contributed by atoms with Crippen LogP contribution in [0.4, 0.5) is 5.69 Å². The Bertz CT molecular complexity index is 522. The van der Waals surface area contributed by atoms with Crippen molar-refractivity contribution in [1.29, 1.82) is 0 Å². The lowest BCUT2D eigenvalue weighted by molar-refractivity contribution is 0.0669. The van der Waals surface area contributed by atoms with Gasteiger partial charge in [0.1, 0.15) is 0 Å². The highest BCUT2D eigenvalue weighted by molar-refractivity contribution is 5.89. The van der Waals surface area contributed by atoms with Crippen LogP contribution in [0.5, 0.6) is 0 Å². The number of anilines is 1. The van der Waals surface area contributed by atoms with Gasteiger partial charge in [-0.2, -0.15) is 5.10 Å². The number of methoxy groups -OCH3 is 1. The molecule has 4 nitrogen and oxygen atoms in total.